The zero-order valence-corrected chi connectivity index (χ0v) is 7.65. The first-order valence-corrected chi connectivity index (χ1v) is 3.84. The molecule has 13 heavy (non-hydrogen) atoms. The van der Waals surface area contributed by atoms with Crippen molar-refractivity contribution in [2.45, 2.75) is 0 Å². The van der Waals surface area contributed by atoms with Gasteiger partial charge in [-0.3, -0.25) is 0 Å². The van der Waals surface area contributed by atoms with Crippen LogP contribution in [0.3, 0.4) is 0 Å². The Kier molecular flexibility index (Phi) is 3.20. The molecule has 0 saturated carbocycles. The molecule has 70 valence electrons. The van der Waals surface area contributed by atoms with Crippen LogP contribution in [-0.4, -0.2) is 19.3 Å². The molecule has 0 bridgehead atoms. The minimum Gasteiger partial charge on any atom is -0.504 e. The summed E-state index contributed by atoms with van der Waals surface area (Å²) in [6, 6.07) is 5.08. The van der Waals surface area contributed by atoms with E-state index in [4.69, 9.17) is 9.47 Å². The number of aromatic hydroxyl groups is 1. The van der Waals surface area contributed by atoms with Gasteiger partial charge >= 0.3 is 0 Å². The lowest BCUT2D eigenvalue weighted by Crippen LogP contribution is -1.84. The van der Waals surface area contributed by atoms with Gasteiger partial charge in [-0.05, 0) is 23.8 Å². The lowest BCUT2D eigenvalue weighted by Gasteiger charge is -2.03. The second-order valence-electron chi connectivity index (χ2n) is 2.47. The number of hydrogen-bond donors (Lipinski definition) is 1. The van der Waals surface area contributed by atoms with Crippen LogP contribution in [0.4, 0.5) is 0 Å². The normalized spacial score (nSPS) is 10.3. The topological polar surface area (TPSA) is 38.7 Å². The third kappa shape index (κ3) is 2.40. The molecule has 0 aliphatic carbocycles. The molecule has 1 N–H and O–H groups in total. The SMILES string of the molecule is CO/C=C/c1ccc(O)c(OC)c1. The summed E-state index contributed by atoms with van der Waals surface area (Å²) in [5, 5.41) is 9.28. The molecule has 0 aliphatic rings. The second-order valence-corrected chi connectivity index (χ2v) is 2.47. The van der Waals surface area contributed by atoms with Crippen LogP contribution in [0.1, 0.15) is 5.56 Å². The van der Waals surface area contributed by atoms with Crippen LogP contribution in [0.5, 0.6) is 11.5 Å². The minimum atomic E-state index is 0.136. The lowest BCUT2D eigenvalue weighted by molar-refractivity contribution is 0.341. The van der Waals surface area contributed by atoms with Gasteiger partial charge in [-0.15, -0.1) is 0 Å². The van der Waals surface area contributed by atoms with E-state index in [0.717, 1.165) is 5.56 Å². The average molecular weight is 180 g/mol. The number of hydrogen-bond acceptors (Lipinski definition) is 3. The molecule has 0 aromatic heterocycles. The third-order valence-corrected chi connectivity index (χ3v) is 1.60. The van der Waals surface area contributed by atoms with Crippen molar-refractivity contribution in [1.82, 2.24) is 0 Å². The number of phenolic OH excluding ortho intramolecular Hbond substituents is 1. The molecule has 0 spiro atoms. The predicted octanol–water partition coefficient (Wildman–Crippen LogP) is 2.02. The maximum atomic E-state index is 9.28. The highest BCUT2D eigenvalue weighted by Gasteiger charge is 1.99. The molecule has 1 rings (SSSR count). The number of benzene rings is 1. The van der Waals surface area contributed by atoms with Crippen molar-refractivity contribution in [1.29, 1.82) is 0 Å². The molecule has 0 aliphatic heterocycles. The van der Waals surface area contributed by atoms with Crippen LogP contribution >= 0.6 is 0 Å². The first kappa shape index (κ1) is 9.45. The van der Waals surface area contributed by atoms with Crippen molar-refractivity contribution in [3.05, 3.63) is 30.0 Å². The summed E-state index contributed by atoms with van der Waals surface area (Å²) < 4.78 is 9.71. The number of phenols is 1. The molecule has 1 aromatic rings. The zero-order chi connectivity index (χ0) is 9.68. The van der Waals surface area contributed by atoms with Crippen molar-refractivity contribution in [3.63, 3.8) is 0 Å². The molecule has 3 heteroatoms. The Hall–Kier alpha value is -1.64. The summed E-state index contributed by atoms with van der Waals surface area (Å²) in [7, 11) is 3.09. The molecule has 0 fully saturated rings. The summed E-state index contributed by atoms with van der Waals surface area (Å²) in [6.07, 6.45) is 3.34. The number of methoxy groups -OCH3 is 2. The zero-order valence-electron chi connectivity index (χ0n) is 7.65. The fraction of sp³-hybridized carbons (Fsp3) is 0.200. The van der Waals surface area contributed by atoms with Crippen molar-refractivity contribution < 1.29 is 14.6 Å². The van der Waals surface area contributed by atoms with Crippen LogP contribution in [0, 0.1) is 0 Å². The molecule has 0 atom stereocenters. The fourth-order valence-electron chi connectivity index (χ4n) is 0.944. The van der Waals surface area contributed by atoms with E-state index in [1.54, 1.807) is 37.6 Å². The van der Waals surface area contributed by atoms with Gasteiger partial charge in [0.1, 0.15) is 0 Å². The molecular weight excluding hydrogens is 168 g/mol. The smallest absolute Gasteiger partial charge is 0.161 e. The standard InChI is InChI=1S/C10H12O3/c1-12-6-5-8-3-4-9(11)10(7-8)13-2/h3-7,11H,1-2H3/b6-5+. The van der Waals surface area contributed by atoms with Gasteiger partial charge in [-0.2, -0.15) is 0 Å². The van der Waals surface area contributed by atoms with E-state index in [-0.39, 0.29) is 5.75 Å². The Bertz CT molecular complexity index is 305. The van der Waals surface area contributed by atoms with Crippen LogP contribution in [0.25, 0.3) is 6.08 Å². The highest BCUT2D eigenvalue weighted by molar-refractivity contribution is 5.54. The summed E-state index contributed by atoms with van der Waals surface area (Å²) in [5.74, 6) is 0.593. The van der Waals surface area contributed by atoms with Gasteiger partial charge in [0.25, 0.3) is 0 Å². The van der Waals surface area contributed by atoms with Crippen LogP contribution in [0.2, 0.25) is 0 Å². The highest BCUT2D eigenvalue weighted by atomic mass is 16.5. The van der Waals surface area contributed by atoms with E-state index in [9.17, 15) is 5.11 Å². The molecule has 3 nitrogen and oxygen atoms in total. The van der Waals surface area contributed by atoms with Crippen LogP contribution in [-0.2, 0) is 4.74 Å². The summed E-state index contributed by atoms with van der Waals surface area (Å²) >= 11 is 0. The van der Waals surface area contributed by atoms with Gasteiger partial charge in [-0.1, -0.05) is 6.07 Å². The number of ether oxygens (including phenoxy) is 2. The maximum absolute atomic E-state index is 9.28. The second kappa shape index (κ2) is 4.40. The largest absolute Gasteiger partial charge is 0.504 e. The van der Waals surface area contributed by atoms with E-state index in [1.807, 2.05) is 0 Å². The molecule has 0 saturated heterocycles. The first-order chi connectivity index (χ1) is 6.27. The molecule has 0 unspecified atom stereocenters. The molecule has 1 aromatic carbocycles. The van der Waals surface area contributed by atoms with Gasteiger partial charge in [0.15, 0.2) is 11.5 Å². The van der Waals surface area contributed by atoms with Gasteiger partial charge in [-0.25, -0.2) is 0 Å². The minimum absolute atomic E-state index is 0.136. The Morgan fingerprint density at radius 1 is 1.31 bits per heavy atom. The monoisotopic (exact) mass is 180 g/mol. The molecule has 0 heterocycles. The maximum Gasteiger partial charge on any atom is 0.161 e. The van der Waals surface area contributed by atoms with Crippen molar-refractivity contribution in [3.8, 4) is 11.5 Å². The molecule has 0 radical (unpaired) electrons. The predicted molar refractivity (Wildman–Crippen MR) is 50.7 cm³/mol. The van der Waals surface area contributed by atoms with Crippen molar-refractivity contribution >= 4 is 6.08 Å². The van der Waals surface area contributed by atoms with Gasteiger partial charge in [0, 0.05) is 0 Å². The Labute approximate surface area is 77.2 Å². The first-order valence-electron chi connectivity index (χ1n) is 3.84. The number of rotatable bonds is 3. The summed E-state index contributed by atoms with van der Waals surface area (Å²) in [6.45, 7) is 0. The van der Waals surface area contributed by atoms with Gasteiger partial charge in [0.05, 0.1) is 20.5 Å². The Morgan fingerprint density at radius 2 is 2.08 bits per heavy atom. The molecular formula is C10H12O3. The van der Waals surface area contributed by atoms with Crippen LogP contribution in [0.15, 0.2) is 24.5 Å². The highest BCUT2D eigenvalue weighted by Crippen LogP contribution is 2.26. The Morgan fingerprint density at radius 3 is 2.69 bits per heavy atom. The van der Waals surface area contributed by atoms with E-state index in [0.29, 0.717) is 5.75 Å². The lowest BCUT2D eigenvalue weighted by atomic mass is 10.2. The van der Waals surface area contributed by atoms with Gasteiger partial charge in [0.2, 0.25) is 0 Å². The average Bonchev–Trinajstić information content (AvgIpc) is 2.16. The van der Waals surface area contributed by atoms with Gasteiger partial charge < -0.3 is 14.6 Å². The van der Waals surface area contributed by atoms with E-state index >= 15 is 0 Å². The summed E-state index contributed by atoms with van der Waals surface area (Å²) in [5.41, 5.74) is 0.913. The summed E-state index contributed by atoms with van der Waals surface area (Å²) in [4.78, 5) is 0. The fourth-order valence-corrected chi connectivity index (χ4v) is 0.944. The third-order valence-electron chi connectivity index (χ3n) is 1.60. The van der Waals surface area contributed by atoms with Crippen molar-refractivity contribution in [2.75, 3.05) is 14.2 Å². The van der Waals surface area contributed by atoms with E-state index in [2.05, 4.69) is 0 Å². The van der Waals surface area contributed by atoms with E-state index in [1.165, 1.54) is 7.11 Å². The van der Waals surface area contributed by atoms with E-state index < -0.39 is 0 Å². The molecule has 0 amide bonds. The Balaban J connectivity index is 2.92. The quantitative estimate of drug-likeness (QED) is 0.723. The van der Waals surface area contributed by atoms with Crippen molar-refractivity contribution in [2.24, 2.45) is 0 Å². The van der Waals surface area contributed by atoms with Crippen LogP contribution < -0.4 is 4.74 Å².